The largest absolute Gasteiger partial charge is 0.349 e. The van der Waals surface area contributed by atoms with Crippen LogP contribution in [-0.4, -0.2) is 31.4 Å². The molecule has 5 heteroatoms. The summed E-state index contributed by atoms with van der Waals surface area (Å²) < 4.78 is 22.8. The highest BCUT2D eigenvalue weighted by Gasteiger charge is 2.17. The molecule has 24 heavy (non-hydrogen) atoms. The predicted molar refractivity (Wildman–Crippen MR) is 93.7 cm³/mol. The Hall–Kier alpha value is -1.53. The van der Waals surface area contributed by atoms with Gasteiger partial charge in [0.25, 0.3) is 0 Å². The molecule has 132 valence electrons. The molecule has 0 aliphatic carbocycles. The molecule has 1 heterocycles. The van der Waals surface area contributed by atoms with Gasteiger partial charge in [0.15, 0.2) is 12.6 Å². The fraction of sp³-hybridized carbons (Fsp3) is 0.526. The van der Waals surface area contributed by atoms with E-state index in [1.807, 2.05) is 52.0 Å². The van der Waals surface area contributed by atoms with Gasteiger partial charge in [-0.25, -0.2) is 0 Å². The number of aromatic nitrogens is 1. The lowest BCUT2D eigenvalue weighted by Crippen LogP contribution is -2.11. The van der Waals surface area contributed by atoms with E-state index in [0.29, 0.717) is 26.4 Å². The van der Waals surface area contributed by atoms with E-state index in [4.69, 9.17) is 18.9 Å². The van der Waals surface area contributed by atoms with Crippen LogP contribution >= 0.6 is 0 Å². The fourth-order valence-electron chi connectivity index (χ4n) is 2.61. The molecular formula is C19H27NO4. The molecule has 0 spiro atoms. The van der Waals surface area contributed by atoms with Crippen LogP contribution in [0.15, 0.2) is 30.5 Å². The van der Waals surface area contributed by atoms with Crippen LogP contribution in [0.4, 0.5) is 0 Å². The zero-order valence-electron chi connectivity index (χ0n) is 15.0. The molecule has 0 saturated heterocycles. The van der Waals surface area contributed by atoms with Crippen molar-refractivity contribution in [3.05, 3.63) is 41.6 Å². The van der Waals surface area contributed by atoms with Gasteiger partial charge in [-0.15, -0.1) is 0 Å². The molecule has 1 aromatic carbocycles. The molecular weight excluding hydrogens is 306 g/mol. The number of hydrogen-bond acceptors (Lipinski definition) is 5. The number of nitrogens with zero attached hydrogens (tertiary/aromatic N) is 1. The lowest BCUT2D eigenvalue weighted by atomic mass is 10.1. The Balaban J connectivity index is 2.40. The highest BCUT2D eigenvalue weighted by Crippen LogP contribution is 2.29. The molecule has 2 aromatic rings. The highest BCUT2D eigenvalue weighted by molar-refractivity contribution is 5.82. The average molecular weight is 333 g/mol. The maximum absolute atomic E-state index is 5.73. The van der Waals surface area contributed by atoms with Crippen molar-refractivity contribution in [2.75, 3.05) is 26.4 Å². The third kappa shape index (κ3) is 4.51. The van der Waals surface area contributed by atoms with Gasteiger partial charge in [-0.2, -0.15) is 0 Å². The quantitative estimate of drug-likeness (QED) is 0.604. The van der Waals surface area contributed by atoms with Crippen molar-refractivity contribution >= 4 is 10.9 Å². The minimum absolute atomic E-state index is 0.371. The first kappa shape index (κ1) is 18.8. The first-order chi connectivity index (χ1) is 11.7. The third-order valence-corrected chi connectivity index (χ3v) is 3.60. The SMILES string of the molecule is CCOC(OCC)c1ccc2c(C(OCC)OCC)ccnc2c1. The van der Waals surface area contributed by atoms with E-state index < -0.39 is 0 Å². The minimum atomic E-state index is -0.383. The van der Waals surface area contributed by atoms with Crippen LogP contribution in [0.25, 0.3) is 10.9 Å². The zero-order valence-corrected chi connectivity index (χ0v) is 15.0. The molecule has 0 bridgehead atoms. The summed E-state index contributed by atoms with van der Waals surface area (Å²) in [7, 11) is 0. The number of fused-ring (bicyclic) bond motifs is 1. The van der Waals surface area contributed by atoms with Crippen molar-refractivity contribution in [2.24, 2.45) is 0 Å². The average Bonchev–Trinajstić information content (AvgIpc) is 2.60. The standard InChI is InChI=1S/C19H27NO4/c1-5-21-18(22-6-2)14-9-10-15-16(11-12-20-17(15)13-14)19(23-7-3)24-8-4/h9-13,18-19H,5-8H2,1-4H3. The van der Waals surface area contributed by atoms with Gasteiger partial charge in [0.1, 0.15) is 0 Å². The second-order valence-electron chi connectivity index (χ2n) is 5.16. The Morgan fingerprint density at radius 1 is 0.792 bits per heavy atom. The molecule has 0 unspecified atom stereocenters. The summed E-state index contributed by atoms with van der Waals surface area (Å²) in [4.78, 5) is 4.49. The number of pyridine rings is 1. The normalized spacial score (nSPS) is 11.8. The minimum Gasteiger partial charge on any atom is -0.349 e. The molecule has 0 radical (unpaired) electrons. The Morgan fingerprint density at radius 2 is 1.38 bits per heavy atom. The van der Waals surface area contributed by atoms with Gasteiger partial charge in [0.05, 0.1) is 5.52 Å². The molecule has 0 saturated carbocycles. The van der Waals surface area contributed by atoms with Crippen molar-refractivity contribution in [3.63, 3.8) is 0 Å². The Kier molecular flexibility index (Phi) is 7.59. The Labute approximate surface area is 143 Å². The van der Waals surface area contributed by atoms with Crippen molar-refractivity contribution in [3.8, 4) is 0 Å². The van der Waals surface area contributed by atoms with E-state index >= 15 is 0 Å². The van der Waals surface area contributed by atoms with E-state index in [1.54, 1.807) is 6.20 Å². The Morgan fingerprint density at radius 3 is 1.96 bits per heavy atom. The highest BCUT2D eigenvalue weighted by atomic mass is 16.7. The van der Waals surface area contributed by atoms with Crippen molar-refractivity contribution < 1.29 is 18.9 Å². The lowest BCUT2D eigenvalue weighted by Gasteiger charge is -2.20. The second-order valence-corrected chi connectivity index (χ2v) is 5.16. The van der Waals surface area contributed by atoms with E-state index in [2.05, 4.69) is 4.98 Å². The summed E-state index contributed by atoms with van der Waals surface area (Å²) in [6.07, 6.45) is 1.03. The Bertz CT molecular complexity index is 620. The fourth-order valence-corrected chi connectivity index (χ4v) is 2.61. The van der Waals surface area contributed by atoms with Crippen LogP contribution in [0.2, 0.25) is 0 Å². The monoisotopic (exact) mass is 333 g/mol. The molecule has 2 rings (SSSR count). The van der Waals surface area contributed by atoms with E-state index in [9.17, 15) is 0 Å². The van der Waals surface area contributed by atoms with Crippen molar-refractivity contribution in [1.29, 1.82) is 0 Å². The van der Waals surface area contributed by atoms with Crippen LogP contribution in [0, 0.1) is 0 Å². The summed E-state index contributed by atoms with van der Waals surface area (Å²) in [6.45, 7) is 10.2. The van der Waals surface area contributed by atoms with Crippen molar-refractivity contribution in [1.82, 2.24) is 4.98 Å². The topological polar surface area (TPSA) is 49.8 Å². The van der Waals surface area contributed by atoms with Gasteiger partial charge in [-0.1, -0.05) is 12.1 Å². The van der Waals surface area contributed by atoms with Gasteiger partial charge in [-0.3, -0.25) is 4.98 Å². The predicted octanol–water partition coefficient (Wildman–Crippen LogP) is 4.38. The van der Waals surface area contributed by atoms with Gasteiger partial charge in [0, 0.05) is 49.1 Å². The van der Waals surface area contributed by atoms with Gasteiger partial charge in [0.2, 0.25) is 0 Å². The molecule has 0 aliphatic heterocycles. The smallest absolute Gasteiger partial charge is 0.184 e. The first-order valence-electron chi connectivity index (χ1n) is 8.60. The number of ether oxygens (including phenoxy) is 4. The van der Waals surface area contributed by atoms with E-state index in [1.165, 1.54) is 0 Å². The summed E-state index contributed by atoms with van der Waals surface area (Å²) in [5.74, 6) is 0. The number of benzene rings is 1. The van der Waals surface area contributed by atoms with Crippen LogP contribution in [0.3, 0.4) is 0 Å². The zero-order chi connectivity index (χ0) is 17.4. The first-order valence-corrected chi connectivity index (χ1v) is 8.60. The molecule has 0 amide bonds. The lowest BCUT2D eigenvalue weighted by molar-refractivity contribution is -0.140. The molecule has 0 N–H and O–H groups in total. The van der Waals surface area contributed by atoms with Crippen LogP contribution < -0.4 is 0 Å². The van der Waals surface area contributed by atoms with E-state index in [0.717, 1.165) is 22.0 Å². The molecule has 0 fully saturated rings. The summed E-state index contributed by atoms with van der Waals surface area (Å²) in [6, 6.07) is 7.99. The summed E-state index contributed by atoms with van der Waals surface area (Å²) >= 11 is 0. The molecule has 0 atom stereocenters. The molecule has 0 aliphatic rings. The molecule has 1 aromatic heterocycles. The van der Waals surface area contributed by atoms with Crippen molar-refractivity contribution in [2.45, 2.75) is 40.3 Å². The summed E-state index contributed by atoms with van der Waals surface area (Å²) in [5, 5.41) is 1.01. The van der Waals surface area contributed by atoms with Gasteiger partial charge >= 0.3 is 0 Å². The van der Waals surface area contributed by atoms with Gasteiger partial charge in [-0.05, 0) is 39.8 Å². The molecule has 5 nitrogen and oxygen atoms in total. The maximum Gasteiger partial charge on any atom is 0.184 e. The summed E-state index contributed by atoms with van der Waals surface area (Å²) in [5.41, 5.74) is 2.82. The number of rotatable bonds is 10. The third-order valence-electron chi connectivity index (χ3n) is 3.60. The van der Waals surface area contributed by atoms with E-state index in [-0.39, 0.29) is 12.6 Å². The van der Waals surface area contributed by atoms with Crippen LogP contribution in [-0.2, 0) is 18.9 Å². The number of hydrogen-bond donors (Lipinski definition) is 0. The van der Waals surface area contributed by atoms with Gasteiger partial charge < -0.3 is 18.9 Å². The van der Waals surface area contributed by atoms with Crippen LogP contribution in [0.1, 0.15) is 51.4 Å². The maximum atomic E-state index is 5.73. The van der Waals surface area contributed by atoms with Crippen LogP contribution in [0.5, 0.6) is 0 Å². The second kappa shape index (κ2) is 9.69.